The Hall–Kier alpha value is -2.13. The van der Waals surface area contributed by atoms with Crippen molar-refractivity contribution in [3.05, 3.63) is 52.9 Å². The highest BCUT2D eigenvalue weighted by molar-refractivity contribution is 6.34. The quantitative estimate of drug-likeness (QED) is 0.730. The Bertz CT molecular complexity index is 812. The summed E-state index contributed by atoms with van der Waals surface area (Å²) in [4.78, 5) is 8.45. The summed E-state index contributed by atoms with van der Waals surface area (Å²) in [5.74, 6) is 0.504. The van der Waals surface area contributed by atoms with E-state index in [1.165, 1.54) is 0 Å². The van der Waals surface area contributed by atoms with Crippen LogP contribution in [0.15, 0.2) is 36.7 Å². The molecule has 2 N–H and O–H groups in total. The SMILES string of the molecule is Cc1cc(C)c(-c2cc3cc(N)ncc3cc2Cl)cn1. The fourth-order valence-electron chi connectivity index (χ4n) is 2.37. The number of nitrogens with zero attached hydrogens (tertiary/aromatic N) is 2. The lowest BCUT2D eigenvalue weighted by Gasteiger charge is -2.10. The summed E-state index contributed by atoms with van der Waals surface area (Å²) in [7, 11) is 0. The van der Waals surface area contributed by atoms with Gasteiger partial charge in [0.1, 0.15) is 5.82 Å². The van der Waals surface area contributed by atoms with Crippen molar-refractivity contribution in [3.63, 3.8) is 0 Å². The molecular formula is C16H14ClN3. The van der Waals surface area contributed by atoms with Crippen molar-refractivity contribution in [2.45, 2.75) is 13.8 Å². The summed E-state index contributed by atoms with van der Waals surface area (Å²) in [5, 5.41) is 2.69. The molecule has 2 aromatic heterocycles. The molecule has 100 valence electrons. The third-order valence-corrected chi connectivity index (χ3v) is 3.68. The van der Waals surface area contributed by atoms with Crippen molar-refractivity contribution in [1.29, 1.82) is 0 Å². The second-order valence-electron chi connectivity index (χ2n) is 4.93. The van der Waals surface area contributed by atoms with E-state index in [4.69, 9.17) is 17.3 Å². The Labute approximate surface area is 122 Å². The van der Waals surface area contributed by atoms with Gasteiger partial charge in [0.05, 0.1) is 0 Å². The average Bonchev–Trinajstić information content (AvgIpc) is 2.39. The first-order valence-electron chi connectivity index (χ1n) is 6.33. The smallest absolute Gasteiger partial charge is 0.123 e. The number of hydrogen-bond acceptors (Lipinski definition) is 3. The molecule has 0 bridgehead atoms. The van der Waals surface area contributed by atoms with Crippen molar-refractivity contribution < 1.29 is 0 Å². The highest BCUT2D eigenvalue weighted by Crippen LogP contribution is 2.33. The van der Waals surface area contributed by atoms with Crippen LogP contribution < -0.4 is 5.73 Å². The van der Waals surface area contributed by atoms with Crippen LogP contribution in [0.4, 0.5) is 5.82 Å². The van der Waals surface area contributed by atoms with E-state index >= 15 is 0 Å². The molecule has 3 aromatic rings. The molecule has 0 saturated heterocycles. The maximum atomic E-state index is 6.40. The molecule has 0 spiro atoms. The van der Waals surface area contributed by atoms with Crippen molar-refractivity contribution in [2.24, 2.45) is 0 Å². The van der Waals surface area contributed by atoms with Crippen molar-refractivity contribution >= 4 is 28.2 Å². The van der Waals surface area contributed by atoms with Crippen LogP contribution in [0.2, 0.25) is 5.02 Å². The third kappa shape index (κ3) is 2.21. The highest BCUT2D eigenvalue weighted by Gasteiger charge is 2.09. The average molecular weight is 284 g/mol. The number of pyridine rings is 2. The first-order chi connectivity index (χ1) is 9.54. The van der Waals surface area contributed by atoms with Gasteiger partial charge in [-0.25, -0.2) is 4.98 Å². The zero-order chi connectivity index (χ0) is 14.3. The maximum Gasteiger partial charge on any atom is 0.123 e. The minimum Gasteiger partial charge on any atom is -0.384 e. The number of nitrogen functional groups attached to an aromatic ring is 1. The van der Waals surface area contributed by atoms with Gasteiger partial charge in [-0.1, -0.05) is 11.6 Å². The van der Waals surface area contributed by atoms with E-state index in [0.29, 0.717) is 10.8 Å². The number of halogens is 1. The molecule has 20 heavy (non-hydrogen) atoms. The van der Waals surface area contributed by atoms with E-state index < -0.39 is 0 Å². The Morgan fingerprint density at radius 3 is 2.45 bits per heavy atom. The van der Waals surface area contributed by atoms with Gasteiger partial charge in [-0.3, -0.25) is 4.98 Å². The number of aryl methyl sites for hydroxylation is 2. The maximum absolute atomic E-state index is 6.40. The normalized spacial score (nSPS) is 10.9. The van der Waals surface area contributed by atoms with Gasteiger partial charge in [0.15, 0.2) is 0 Å². The topological polar surface area (TPSA) is 51.8 Å². The molecule has 0 amide bonds. The first-order valence-corrected chi connectivity index (χ1v) is 6.71. The molecule has 0 saturated carbocycles. The van der Waals surface area contributed by atoms with Gasteiger partial charge in [-0.15, -0.1) is 0 Å². The Balaban J connectivity index is 2.27. The highest BCUT2D eigenvalue weighted by atomic mass is 35.5. The molecule has 0 unspecified atom stereocenters. The molecule has 0 aliphatic rings. The second kappa shape index (κ2) is 4.76. The van der Waals surface area contributed by atoms with Crippen LogP contribution >= 0.6 is 11.6 Å². The fraction of sp³-hybridized carbons (Fsp3) is 0.125. The lowest BCUT2D eigenvalue weighted by Crippen LogP contribution is -1.92. The molecule has 0 aliphatic heterocycles. The summed E-state index contributed by atoms with van der Waals surface area (Å²) >= 11 is 6.40. The van der Waals surface area contributed by atoms with Crippen LogP contribution in [0.1, 0.15) is 11.3 Å². The largest absolute Gasteiger partial charge is 0.384 e. The standard InChI is InChI=1S/C16H14ClN3/c1-9-3-10(2)19-8-14(9)13-4-11-6-16(18)20-7-12(11)5-15(13)17/h3-8H,1-2H3,(H2,18,20). The van der Waals surface area contributed by atoms with Crippen LogP contribution in [0.5, 0.6) is 0 Å². The summed E-state index contributed by atoms with van der Waals surface area (Å²) in [6.07, 6.45) is 3.60. The summed E-state index contributed by atoms with van der Waals surface area (Å²) < 4.78 is 0. The first kappa shape index (κ1) is 12.9. The van der Waals surface area contributed by atoms with Crippen LogP contribution in [0.3, 0.4) is 0 Å². The molecule has 0 radical (unpaired) electrons. The van der Waals surface area contributed by atoms with Gasteiger partial charge >= 0.3 is 0 Å². The minimum absolute atomic E-state index is 0.504. The molecule has 0 atom stereocenters. The summed E-state index contributed by atoms with van der Waals surface area (Å²) in [6, 6.07) is 7.86. The number of nitrogens with two attached hydrogens (primary N) is 1. The van der Waals surface area contributed by atoms with Crippen LogP contribution in [0, 0.1) is 13.8 Å². The molecule has 3 nitrogen and oxygen atoms in total. The number of anilines is 1. The zero-order valence-corrected chi connectivity index (χ0v) is 12.1. The number of rotatable bonds is 1. The lowest BCUT2D eigenvalue weighted by molar-refractivity contribution is 1.18. The summed E-state index contributed by atoms with van der Waals surface area (Å²) in [6.45, 7) is 4.04. The van der Waals surface area contributed by atoms with Gasteiger partial charge in [-0.2, -0.15) is 0 Å². The van der Waals surface area contributed by atoms with Gasteiger partial charge in [0, 0.05) is 39.6 Å². The van der Waals surface area contributed by atoms with Gasteiger partial charge < -0.3 is 5.73 Å². The minimum atomic E-state index is 0.504. The van der Waals surface area contributed by atoms with E-state index in [9.17, 15) is 0 Å². The number of aromatic nitrogens is 2. The van der Waals surface area contributed by atoms with Crippen molar-refractivity contribution in [2.75, 3.05) is 5.73 Å². The fourth-order valence-corrected chi connectivity index (χ4v) is 2.64. The van der Waals surface area contributed by atoms with Crippen LogP contribution in [0.25, 0.3) is 21.9 Å². The predicted octanol–water partition coefficient (Wildman–Crippen LogP) is 4.15. The Morgan fingerprint density at radius 2 is 1.70 bits per heavy atom. The van der Waals surface area contributed by atoms with Crippen LogP contribution in [-0.4, -0.2) is 9.97 Å². The van der Waals surface area contributed by atoms with E-state index in [0.717, 1.165) is 33.2 Å². The zero-order valence-electron chi connectivity index (χ0n) is 11.3. The third-order valence-electron chi connectivity index (χ3n) is 3.37. The van der Waals surface area contributed by atoms with Crippen molar-refractivity contribution in [1.82, 2.24) is 9.97 Å². The summed E-state index contributed by atoms with van der Waals surface area (Å²) in [5.41, 5.74) is 9.90. The van der Waals surface area contributed by atoms with E-state index in [-0.39, 0.29) is 0 Å². The molecule has 1 aromatic carbocycles. The molecule has 2 heterocycles. The Kier molecular flexibility index (Phi) is 3.07. The monoisotopic (exact) mass is 283 g/mol. The Morgan fingerprint density at radius 1 is 0.900 bits per heavy atom. The number of hydrogen-bond donors (Lipinski definition) is 1. The molecule has 0 aliphatic carbocycles. The number of benzene rings is 1. The van der Waals surface area contributed by atoms with Gasteiger partial charge in [-0.05, 0) is 49.1 Å². The molecule has 3 rings (SSSR count). The van der Waals surface area contributed by atoms with E-state index in [1.54, 1.807) is 6.20 Å². The van der Waals surface area contributed by atoms with Gasteiger partial charge in [0.25, 0.3) is 0 Å². The molecule has 4 heteroatoms. The van der Waals surface area contributed by atoms with Gasteiger partial charge in [0.2, 0.25) is 0 Å². The number of fused-ring (bicyclic) bond motifs is 1. The molecule has 0 fully saturated rings. The second-order valence-corrected chi connectivity index (χ2v) is 5.34. The molecular weight excluding hydrogens is 270 g/mol. The van der Waals surface area contributed by atoms with E-state index in [1.807, 2.05) is 31.3 Å². The van der Waals surface area contributed by atoms with Crippen molar-refractivity contribution in [3.8, 4) is 11.1 Å². The van der Waals surface area contributed by atoms with Crippen LogP contribution in [-0.2, 0) is 0 Å². The lowest BCUT2D eigenvalue weighted by atomic mass is 9.99. The predicted molar refractivity (Wildman–Crippen MR) is 83.9 cm³/mol. The van der Waals surface area contributed by atoms with E-state index in [2.05, 4.69) is 23.0 Å².